The normalized spacial score (nSPS) is 15.3. The van der Waals surface area contributed by atoms with Crippen LogP contribution >= 0.6 is 15.9 Å². The average Bonchev–Trinajstić information content (AvgIpc) is 3.25. The molecule has 31 heavy (non-hydrogen) atoms. The lowest BCUT2D eigenvalue weighted by Crippen LogP contribution is -2.25. The van der Waals surface area contributed by atoms with Gasteiger partial charge in [0.25, 0.3) is 0 Å². The third kappa shape index (κ3) is 4.14. The van der Waals surface area contributed by atoms with Gasteiger partial charge in [0, 0.05) is 18.6 Å². The van der Waals surface area contributed by atoms with E-state index in [0.717, 1.165) is 21.2 Å². The van der Waals surface area contributed by atoms with Crippen molar-refractivity contribution in [2.45, 2.75) is 13.2 Å². The van der Waals surface area contributed by atoms with E-state index < -0.39 is 6.23 Å². The number of amides is 1. The Morgan fingerprint density at radius 1 is 0.935 bits per heavy atom. The lowest BCUT2D eigenvalue weighted by Gasteiger charge is -2.22. The fourth-order valence-corrected chi connectivity index (χ4v) is 3.92. The number of hydrogen-bond acceptors (Lipinski definition) is 5. The first-order valence-electron chi connectivity index (χ1n) is 9.64. The highest BCUT2D eigenvalue weighted by molar-refractivity contribution is 9.10. The standard InChI is InChI=1S/C24H21BrN2O4/c1-15(28)27-24(19-13-20(25)22(30-3)14-21(19)29-2)31-23(26-27)18-11-9-17(10-12-18)16-7-5-4-6-8-16/h4-14,24H,1-3H3. The molecule has 6 nitrogen and oxygen atoms in total. The van der Waals surface area contributed by atoms with Crippen LogP contribution < -0.4 is 9.47 Å². The largest absolute Gasteiger partial charge is 0.496 e. The first kappa shape index (κ1) is 20.9. The summed E-state index contributed by atoms with van der Waals surface area (Å²) in [5.74, 6) is 1.28. The van der Waals surface area contributed by atoms with E-state index >= 15 is 0 Å². The van der Waals surface area contributed by atoms with Gasteiger partial charge in [-0.05, 0) is 45.3 Å². The fraction of sp³-hybridized carbons (Fsp3) is 0.167. The molecule has 4 rings (SSSR count). The van der Waals surface area contributed by atoms with Gasteiger partial charge in [-0.25, -0.2) is 0 Å². The van der Waals surface area contributed by atoms with Crippen molar-refractivity contribution in [3.63, 3.8) is 0 Å². The molecule has 0 aromatic heterocycles. The van der Waals surface area contributed by atoms with Crippen molar-refractivity contribution in [3.05, 3.63) is 82.3 Å². The molecule has 1 amide bonds. The van der Waals surface area contributed by atoms with Gasteiger partial charge >= 0.3 is 0 Å². The zero-order chi connectivity index (χ0) is 22.0. The summed E-state index contributed by atoms with van der Waals surface area (Å²) in [7, 11) is 3.14. The fourth-order valence-electron chi connectivity index (χ4n) is 3.40. The monoisotopic (exact) mass is 480 g/mol. The molecule has 158 valence electrons. The Morgan fingerprint density at radius 2 is 1.55 bits per heavy atom. The summed E-state index contributed by atoms with van der Waals surface area (Å²) in [6, 6.07) is 21.5. The predicted molar refractivity (Wildman–Crippen MR) is 122 cm³/mol. The molecule has 7 heteroatoms. The van der Waals surface area contributed by atoms with Crippen LogP contribution in [0.5, 0.6) is 11.5 Å². The van der Waals surface area contributed by atoms with Gasteiger partial charge in [0.15, 0.2) is 0 Å². The van der Waals surface area contributed by atoms with Crippen molar-refractivity contribution in [1.82, 2.24) is 5.01 Å². The van der Waals surface area contributed by atoms with Gasteiger partial charge in [-0.2, -0.15) is 5.01 Å². The van der Waals surface area contributed by atoms with E-state index in [1.165, 1.54) is 11.9 Å². The molecule has 1 heterocycles. The Hall–Kier alpha value is -3.32. The van der Waals surface area contributed by atoms with E-state index in [1.807, 2.05) is 48.5 Å². The Labute approximate surface area is 189 Å². The molecule has 1 unspecified atom stereocenters. The van der Waals surface area contributed by atoms with Crippen molar-refractivity contribution in [2.75, 3.05) is 14.2 Å². The second kappa shape index (κ2) is 8.81. The zero-order valence-corrected chi connectivity index (χ0v) is 18.9. The second-order valence-corrected chi connectivity index (χ2v) is 7.77. The Kier molecular flexibility index (Phi) is 5.95. The van der Waals surface area contributed by atoms with Gasteiger partial charge in [0.2, 0.25) is 18.0 Å². The molecule has 1 aliphatic rings. The van der Waals surface area contributed by atoms with Crippen LogP contribution in [0.3, 0.4) is 0 Å². The van der Waals surface area contributed by atoms with Crippen LogP contribution in [0.15, 0.2) is 76.3 Å². The smallest absolute Gasteiger partial charge is 0.243 e. The van der Waals surface area contributed by atoms with E-state index in [0.29, 0.717) is 23.0 Å². The van der Waals surface area contributed by atoms with Gasteiger partial charge in [-0.3, -0.25) is 4.79 Å². The van der Waals surface area contributed by atoms with Crippen LogP contribution in [0.4, 0.5) is 0 Å². The van der Waals surface area contributed by atoms with Crippen molar-refractivity contribution in [1.29, 1.82) is 0 Å². The summed E-state index contributed by atoms with van der Waals surface area (Å²) in [6.45, 7) is 1.45. The van der Waals surface area contributed by atoms with Crippen LogP contribution in [0.1, 0.15) is 24.3 Å². The number of methoxy groups -OCH3 is 2. The number of rotatable bonds is 5. The quantitative estimate of drug-likeness (QED) is 0.492. The molecular formula is C24H21BrN2O4. The third-order valence-corrected chi connectivity index (χ3v) is 5.60. The average molecular weight is 481 g/mol. The molecule has 0 N–H and O–H groups in total. The predicted octanol–water partition coefficient (Wildman–Crippen LogP) is 5.37. The lowest BCUT2D eigenvalue weighted by atomic mass is 10.0. The topological polar surface area (TPSA) is 60.4 Å². The molecule has 1 aliphatic heterocycles. The highest BCUT2D eigenvalue weighted by atomic mass is 79.9. The maximum atomic E-state index is 12.3. The first-order chi connectivity index (χ1) is 15.0. The molecule has 3 aromatic carbocycles. The SMILES string of the molecule is COc1cc(OC)c(C2OC(c3ccc(-c4ccccc4)cc3)=NN2C(C)=O)cc1Br. The molecule has 0 fully saturated rings. The van der Waals surface area contributed by atoms with E-state index in [1.54, 1.807) is 20.3 Å². The molecule has 0 saturated heterocycles. The number of benzene rings is 3. The summed E-state index contributed by atoms with van der Waals surface area (Å²) >= 11 is 3.49. The molecule has 0 saturated carbocycles. The van der Waals surface area contributed by atoms with Crippen molar-refractivity contribution >= 4 is 27.7 Å². The van der Waals surface area contributed by atoms with E-state index in [9.17, 15) is 4.79 Å². The minimum Gasteiger partial charge on any atom is -0.496 e. The molecule has 0 bridgehead atoms. The summed E-state index contributed by atoms with van der Waals surface area (Å²) in [6.07, 6.45) is -0.751. The van der Waals surface area contributed by atoms with Gasteiger partial charge in [-0.15, -0.1) is 5.10 Å². The van der Waals surface area contributed by atoms with Crippen molar-refractivity contribution < 1.29 is 19.0 Å². The van der Waals surface area contributed by atoms with Gasteiger partial charge < -0.3 is 14.2 Å². The Morgan fingerprint density at radius 3 is 2.16 bits per heavy atom. The summed E-state index contributed by atoms with van der Waals surface area (Å²) in [5.41, 5.74) is 3.65. The van der Waals surface area contributed by atoms with Crippen LogP contribution in [0.2, 0.25) is 0 Å². The Balaban J connectivity index is 1.66. The highest BCUT2D eigenvalue weighted by Crippen LogP contribution is 2.40. The van der Waals surface area contributed by atoms with Crippen LogP contribution in [-0.4, -0.2) is 31.0 Å². The number of carbonyl (C=O) groups is 1. The number of carbonyl (C=O) groups excluding carboxylic acids is 1. The number of nitrogens with zero attached hydrogens (tertiary/aromatic N) is 2. The van der Waals surface area contributed by atoms with E-state index in [2.05, 4.69) is 33.2 Å². The van der Waals surface area contributed by atoms with E-state index in [-0.39, 0.29) is 5.91 Å². The summed E-state index contributed by atoms with van der Waals surface area (Å²) in [5, 5.41) is 5.76. The minimum atomic E-state index is -0.751. The summed E-state index contributed by atoms with van der Waals surface area (Å²) in [4.78, 5) is 12.3. The Bertz CT molecular complexity index is 1130. The third-order valence-electron chi connectivity index (χ3n) is 4.98. The molecule has 0 spiro atoms. The van der Waals surface area contributed by atoms with Crippen LogP contribution in [0, 0.1) is 0 Å². The summed E-state index contributed by atoms with van der Waals surface area (Å²) < 4.78 is 17.7. The van der Waals surface area contributed by atoms with Gasteiger partial charge in [-0.1, -0.05) is 42.5 Å². The maximum absolute atomic E-state index is 12.3. The molecule has 0 radical (unpaired) electrons. The first-order valence-corrected chi connectivity index (χ1v) is 10.4. The number of hydrogen-bond donors (Lipinski definition) is 0. The number of ether oxygens (including phenoxy) is 3. The minimum absolute atomic E-state index is 0.241. The molecular weight excluding hydrogens is 460 g/mol. The zero-order valence-electron chi connectivity index (χ0n) is 17.3. The van der Waals surface area contributed by atoms with E-state index in [4.69, 9.17) is 14.2 Å². The second-order valence-electron chi connectivity index (χ2n) is 6.91. The molecule has 0 aliphatic carbocycles. The maximum Gasteiger partial charge on any atom is 0.243 e. The van der Waals surface area contributed by atoms with Gasteiger partial charge in [0.05, 0.1) is 24.3 Å². The molecule has 3 aromatic rings. The van der Waals surface area contributed by atoms with Crippen LogP contribution in [-0.2, 0) is 9.53 Å². The number of hydrazone groups is 1. The van der Waals surface area contributed by atoms with Crippen LogP contribution in [0.25, 0.3) is 11.1 Å². The lowest BCUT2D eigenvalue weighted by molar-refractivity contribution is -0.135. The number of halogens is 1. The molecule has 1 atom stereocenters. The van der Waals surface area contributed by atoms with Gasteiger partial charge in [0.1, 0.15) is 11.5 Å². The van der Waals surface area contributed by atoms with Crippen molar-refractivity contribution in [2.24, 2.45) is 5.10 Å². The van der Waals surface area contributed by atoms with Crippen molar-refractivity contribution in [3.8, 4) is 22.6 Å². The highest BCUT2D eigenvalue weighted by Gasteiger charge is 2.35.